The summed E-state index contributed by atoms with van der Waals surface area (Å²) in [6.07, 6.45) is 10.2. The van der Waals surface area contributed by atoms with Crippen LogP contribution in [0, 0.1) is 58.7 Å². The Morgan fingerprint density at radius 2 is 1.76 bits per heavy atom. The first-order valence-corrected chi connectivity index (χ1v) is 21.2. The molecule has 14 nitrogen and oxygen atoms in total. The van der Waals surface area contributed by atoms with E-state index in [1.54, 1.807) is 6.92 Å². The second-order valence-corrected chi connectivity index (χ2v) is 18.8. The lowest BCUT2D eigenvalue weighted by molar-refractivity contribution is -0.223. The predicted molar refractivity (Wildman–Crippen MR) is 207 cm³/mol. The molecule has 0 aromatic rings. The molecule has 0 aromatic heterocycles. The molecule has 302 valence electrons. The zero-order valence-electron chi connectivity index (χ0n) is 32.6. The zero-order chi connectivity index (χ0) is 39.8. The Kier molecular flexibility index (Phi) is 12.5. The van der Waals surface area contributed by atoms with Crippen molar-refractivity contribution in [1.29, 1.82) is 0 Å². The number of azide groups is 1. The fraction of sp³-hybridized carbons (Fsp3) is 0.800. The van der Waals surface area contributed by atoms with Crippen molar-refractivity contribution in [3.05, 3.63) is 21.7 Å². The number of aliphatic hydroxyl groups is 3. The van der Waals surface area contributed by atoms with Crippen molar-refractivity contribution in [2.45, 2.75) is 141 Å². The van der Waals surface area contributed by atoms with E-state index in [1.165, 1.54) is 16.7 Å². The molecule has 2 aliphatic heterocycles. The van der Waals surface area contributed by atoms with Crippen LogP contribution in [0.2, 0.25) is 0 Å². The molecule has 6 aliphatic rings. The summed E-state index contributed by atoms with van der Waals surface area (Å²) in [5.41, 5.74) is 9.23. The highest BCUT2D eigenvalue weighted by molar-refractivity contribution is 8.00. The van der Waals surface area contributed by atoms with E-state index >= 15 is 0 Å². The van der Waals surface area contributed by atoms with Crippen LogP contribution in [0.1, 0.15) is 105 Å². The van der Waals surface area contributed by atoms with Crippen LogP contribution in [0.4, 0.5) is 0 Å². The lowest BCUT2D eigenvalue weighted by atomic mass is 9.43. The van der Waals surface area contributed by atoms with Crippen LogP contribution in [0.15, 0.2) is 16.4 Å². The number of nitrogens with zero attached hydrogens (tertiary/aromatic N) is 4. The van der Waals surface area contributed by atoms with Gasteiger partial charge in [0.05, 0.1) is 18.3 Å². The van der Waals surface area contributed by atoms with Crippen LogP contribution in [-0.2, 0) is 19.2 Å². The zero-order valence-corrected chi connectivity index (χ0v) is 33.4. The van der Waals surface area contributed by atoms with Gasteiger partial charge in [0.25, 0.3) is 11.8 Å². The number of fused-ring (bicyclic) bond motifs is 6. The fourth-order valence-corrected chi connectivity index (χ4v) is 13.2. The Balaban J connectivity index is 1.02. The standard InChI is InChI=1S/C40H59N7O7S/c1-6-8-28(43-29(49)9-7-18-42-46-41)44-36(53)33-22(3)20-55-38-32(37(54)47(33)38)45-30(50)13-10-21(2)24-11-12-25-31-26(15-17-39(24,25)4)40(5)16-14-23(48)19-27(40)34(51)35(31)52/h1,21,23-28,31-32,34-35,38,48,51-52H,7-20H2,2-5H3,(H,43,49)(H,44,53)(H,45,50)/t21-,23-,24?,25+,26+,27+,28?,31+,32?,34?,35?,38?,39-,40-/m1/s1. The smallest absolute Gasteiger partial charge is 0.269 e. The average Bonchev–Trinajstić information content (AvgIpc) is 3.51. The first-order chi connectivity index (χ1) is 26.2. The highest BCUT2D eigenvalue weighted by atomic mass is 32.2. The van der Waals surface area contributed by atoms with Gasteiger partial charge in [-0.1, -0.05) is 25.9 Å². The van der Waals surface area contributed by atoms with E-state index < -0.39 is 41.8 Å². The van der Waals surface area contributed by atoms with Gasteiger partial charge in [0.2, 0.25) is 11.8 Å². The van der Waals surface area contributed by atoms with Gasteiger partial charge in [0.15, 0.2) is 0 Å². The summed E-state index contributed by atoms with van der Waals surface area (Å²) in [7, 11) is 0. The highest BCUT2D eigenvalue weighted by Gasteiger charge is 2.65. The van der Waals surface area contributed by atoms with E-state index in [9.17, 15) is 34.5 Å². The molecule has 14 atom stereocenters. The molecular weight excluding hydrogens is 723 g/mol. The molecule has 0 radical (unpaired) electrons. The van der Waals surface area contributed by atoms with E-state index in [2.05, 4.69) is 52.7 Å². The largest absolute Gasteiger partial charge is 0.393 e. The molecule has 4 saturated carbocycles. The van der Waals surface area contributed by atoms with E-state index in [1.807, 2.05) is 0 Å². The number of β-lactam (4-membered cyclic amide) rings is 1. The average molecular weight is 782 g/mol. The van der Waals surface area contributed by atoms with Crippen molar-refractivity contribution >= 4 is 35.4 Å². The number of rotatable bonds is 13. The third-order valence-corrected chi connectivity index (χ3v) is 16.1. The Morgan fingerprint density at radius 3 is 2.49 bits per heavy atom. The normalized spacial score (nSPS) is 38.7. The van der Waals surface area contributed by atoms with Crippen LogP contribution >= 0.6 is 11.8 Å². The van der Waals surface area contributed by atoms with Crippen LogP contribution < -0.4 is 16.0 Å². The van der Waals surface area contributed by atoms with E-state index in [0.717, 1.165) is 38.5 Å². The molecule has 6 unspecified atom stereocenters. The number of terminal acetylenes is 1. The summed E-state index contributed by atoms with van der Waals surface area (Å²) >= 11 is 1.49. The second-order valence-electron chi connectivity index (χ2n) is 17.7. The molecule has 55 heavy (non-hydrogen) atoms. The molecule has 1 saturated heterocycles. The van der Waals surface area contributed by atoms with Gasteiger partial charge in [0.1, 0.15) is 23.3 Å². The predicted octanol–water partition coefficient (Wildman–Crippen LogP) is 3.71. The molecule has 4 aliphatic carbocycles. The van der Waals surface area contributed by atoms with Crippen LogP contribution in [0.3, 0.4) is 0 Å². The Bertz CT molecular complexity index is 1650. The van der Waals surface area contributed by atoms with Crippen molar-refractivity contribution in [3.8, 4) is 12.3 Å². The second kappa shape index (κ2) is 16.7. The molecule has 0 spiro atoms. The molecule has 6 N–H and O–H groups in total. The van der Waals surface area contributed by atoms with Crippen LogP contribution in [0.25, 0.3) is 10.4 Å². The van der Waals surface area contributed by atoms with Crippen LogP contribution in [0.5, 0.6) is 0 Å². The van der Waals surface area contributed by atoms with E-state index in [-0.39, 0.29) is 77.8 Å². The van der Waals surface area contributed by atoms with Gasteiger partial charge < -0.3 is 31.3 Å². The minimum absolute atomic E-state index is 0.00535. The minimum Gasteiger partial charge on any atom is -0.393 e. The lowest BCUT2D eigenvalue weighted by Gasteiger charge is -2.63. The number of carbonyl (C=O) groups excluding carboxylic acids is 4. The van der Waals surface area contributed by atoms with Gasteiger partial charge in [-0.15, -0.1) is 24.1 Å². The van der Waals surface area contributed by atoms with Gasteiger partial charge in [-0.2, -0.15) is 0 Å². The number of hydrogen-bond acceptors (Lipinski definition) is 9. The minimum atomic E-state index is -0.860. The van der Waals surface area contributed by atoms with Crippen molar-refractivity contribution in [2.75, 3.05) is 12.3 Å². The third-order valence-electron chi connectivity index (χ3n) is 14.7. The number of carbonyl (C=O) groups is 4. The summed E-state index contributed by atoms with van der Waals surface area (Å²) in [5.74, 6) is 2.65. The van der Waals surface area contributed by atoms with Crippen molar-refractivity contribution in [2.24, 2.45) is 51.5 Å². The monoisotopic (exact) mass is 781 g/mol. The summed E-state index contributed by atoms with van der Waals surface area (Å²) in [5, 5.41) is 44.8. The SMILES string of the molecule is C#CCC(NC(=O)CCCN=[N+]=[N-])NC(=O)C1=C(C)CSC2C(NC(=O)CC[C@@H](C)C3CC[C@H]4[C@@H]5C(O)C(O)[C@@H]6C[C@H](O)CC[C@]6(C)[C@H]5CC[C@]34C)C(=O)N12. The molecule has 6 rings (SSSR count). The summed E-state index contributed by atoms with van der Waals surface area (Å²) in [6.45, 7) is 8.81. The van der Waals surface area contributed by atoms with Crippen LogP contribution in [-0.4, -0.2) is 92.0 Å². The maximum atomic E-state index is 13.5. The number of hydrogen-bond donors (Lipinski definition) is 6. The maximum Gasteiger partial charge on any atom is 0.269 e. The molecule has 0 aromatic carbocycles. The molecule has 5 fully saturated rings. The Hall–Kier alpha value is -3.28. The topological polar surface area (TPSA) is 217 Å². The highest BCUT2D eigenvalue weighted by Crippen LogP contribution is 2.68. The van der Waals surface area contributed by atoms with Crippen molar-refractivity contribution in [1.82, 2.24) is 20.9 Å². The van der Waals surface area contributed by atoms with E-state index in [0.29, 0.717) is 48.3 Å². The number of thioether (sulfide) groups is 1. The van der Waals surface area contributed by atoms with Crippen molar-refractivity contribution < 1.29 is 34.5 Å². The number of amides is 4. The maximum absolute atomic E-state index is 13.5. The Morgan fingerprint density at radius 1 is 1.04 bits per heavy atom. The fourth-order valence-electron chi connectivity index (χ4n) is 11.9. The molecule has 4 amide bonds. The van der Waals surface area contributed by atoms with Crippen molar-refractivity contribution in [3.63, 3.8) is 0 Å². The van der Waals surface area contributed by atoms with Gasteiger partial charge in [0, 0.05) is 36.5 Å². The molecule has 15 heteroatoms. The van der Waals surface area contributed by atoms with E-state index in [4.69, 9.17) is 12.0 Å². The molecule has 2 heterocycles. The third kappa shape index (κ3) is 7.74. The Labute approximate surface area is 328 Å². The summed E-state index contributed by atoms with van der Waals surface area (Å²) < 4.78 is 0. The summed E-state index contributed by atoms with van der Waals surface area (Å²) in [4.78, 5) is 56.9. The quantitative estimate of drug-likeness (QED) is 0.0307. The van der Waals surface area contributed by atoms with Gasteiger partial charge in [-0.3, -0.25) is 24.1 Å². The number of aliphatic hydroxyl groups excluding tert-OH is 3. The summed E-state index contributed by atoms with van der Waals surface area (Å²) in [6, 6.07) is -0.755. The van der Waals surface area contributed by atoms with Gasteiger partial charge >= 0.3 is 0 Å². The lowest BCUT2D eigenvalue weighted by Crippen LogP contribution is -2.71. The molecular formula is C40H59N7O7S. The van der Waals surface area contributed by atoms with Gasteiger partial charge in [-0.25, -0.2) is 0 Å². The molecule has 0 bridgehead atoms. The number of nitrogens with one attached hydrogen (secondary N) is 3. The first-order valence-electron chi connectivity index (χ1n) is 20.2. The first kappa shape index (κ1) is 41.4. The van der Waals surface area contributed by atoms with Gasteiger partial charge in [-0.05, 0) is 122 Å².